The summed E-state index contributed by atoms with van der Waals surface area (Å²) in [6.45, 7) is 6.33. The molecule has 1 aromatic rings. The van der Waals surface area contributed by atoms with Crippen LogP contribution < -0.4 is 5.32 Å². The van der Waals surface area contributed by atoms with Crippen LogP contribution in [0.3, 0.4) is 0 Å². The first-order valence-electron chi connectivity index (χ1n) is 6.07. The average Bonchev–Trinajstić information content (AvgIpc) is 2.58. The fourth-order valence-corrected chi connectivity index (χ4v) is 2.13. The van der Waals surface area contributed by atoms with E-state index < -0.39 is 9.84 Å². The summed E-state index contributed by atoms with van der Waals surface area (Å²) in [4.78, 5) is 11.5. The van der Waals surface area contributed by atoms with E-state index in [0.29, 0.717) is 5.82 Å². The maximum absolute atomic E-state index is 11.5. The standard InChI is InChI=1S/C12H21N3O3S/c1-12(2,3)8-9-7-10(15-14-9)13-11(16)5-6-19(4,17)18/h7H,5-6,8H2,1-4H3,(H2,13,14,15,16). The van der Waals surface area contributed by atoms with Crippen LogP contribution in [0.15, 0.2) is 6.07 Å². The molecule has 2 N–H and O–H groups in total. The SMILES string of the molecule is CC(C)(C)Cc1cc(NC(=O)CCS(C)(=O)=O)n[nH]1. The van der Waals surface area contributed by atoms with Crippen molar-refractivity contribution in [3.63, 3.8) is 0 Å². The second-order valence-electron chi connectivity index (χ2n) is 5.94. The van der Waals surface area contributed by atoms with Gasteiger partial charge in [0.2, 0.25) is 5.91 Å². The Morgan fingerprint density at radius 3 is 2.58 bits per heavy atom. The molecule has 108 valence electrons. The van der Waals surface area contributed by atoms with Gasteiger partial charge in [-0.2, -0.15) is 5.10 Å². The van der Waals surface area contributed by atoms with E-state index in [2.05, 4.69) is 36.3 Å². The predicted octanol–water partition coefficient (Wildman–Crippen LogP) is 1.37. The molecular weight excluding hydrogens is 266 g/mol. The molecule has 0 spiro atoms. The van der Waals surface area contributed by atoms with Crippen molar-refractivity contribution in [1.29, 1.82) is 0 Å². The Hall–Kier alpha value is -1.37. The Kier molecular flexibility index (Phi) is 4.73. The molecule has 0 saturated heterocycles. The van der Waals surface area contributed by atoms with Crippen molar-refractivity contribution in [2.24, 2.45) is 5.41 Å². The zero-order chi connectivity index (χ0) is 14.7. The Morgan fingerprint density at radius 2 is 2.05 bits per heavy atom. The van der Waals surface area contributed by atoms with E-state index in [4.69, 9.17) is 0 Å². The summed E-state index contributed by atoms with van der Waals surface area (Å²) in [5.41, 5.74) is 1.07. The summed E-state index contributed by atoms with van der Waals surface area (Å²) in [6, 6.07) is 1.77. The fourth-order valence-electron chi connectivity index (χ4n) is 1.57. The molecule has 0 atom stereocenters. The predicted molar refractivity (Wildman–Crippen MR) is 74.7 cm³/mol. The summed E-state index contributed by atoms with van der Waals surface area (Å²) in [7, 11) is -3.12. The van der Waals surface area contributed by atoms with Crippen molar-refractivity contribution >= 4 is 21.6 Å². The number of aromatic amines is 1. The van der Waals surface area contributed by atoms with Crippen LogP contribution >= 0.6 is 0 Å². The second kappa shape index (κ2) is 5.73. The average molecular weight is 287 g/mol. The minimum Gasteiger partial charge on any atom is -0.309 e. The van der Waals surface area contributed by atoms with E-state index >= 15 is 0 Å². The molecule has 1 rings (SSSR count). The lowest BCUT2D eigenvalue weighted by atomic mass is 9.91. The summed E-state index contributed by atoms with van der Waals surface area (Å²) in [5.74, 6) is -0.0741. The number of sulfone groups is 1. The molecule has 1 heterocycles. The number of rotatable bonds is 5. The van der Waals surface area contributed by atoms with Crippen LogP contribution in [0.4, 0.5) is 5.82 Å². The molecule has 19 heavy (non-hydrogen) atoms. The number of amides is 1. The van der Waals surface area contributed by atoms with Gasteiger partial charge in [-0.15, -0.1) is 0 Å². The quantitative estimate of drug-likeness (QED) is 0.855. The van der Waals surface area contributed by atoms with Crippen molar-refractivity contribution in [1.82, 2.24) is 10.2 Å². The van der Waals surface area contributed by atoms with Gasteiger partial charge in [0.05, 0.1) is 5.75 Å². The Morgan fingerprint density at radius 1 is 1.42 bits per heavy atom. The summed E-state index contributed by atoms with van der Waals surface area (Å²) < 4.78 is 21.9. The molecule has 0 unspecified atom stereocenters. The van der Waals surface area contributed by atoms with Gasteiger partial charge < -0.3 is 5.32 Å². The van der Waals surface area contributed by atoms with Crippen LogP contribution in [0.25, 0.3) is 0 Å². The topological polar surface area (TPSA) is 91.9 Å². The van der Waals surface area contributed by atoms with Gasteiger partial charge in [0, 0.05) is 24.4 Å². The lowest BCUT2D eigenvalue weighted by Gasteiger charge is -2.15. The largest absolute Gasteiger partial charge is 0.309 e. The zero-order valence-corrected chi connectivity index (χ0v) is 12.6. The second-order valence-corrected chi connectivity index (χ2v) is 8.20. The minimum absolute atomic E-state index is 0.0553. The van der Waals surface area contributed by atoms with E-state index in [1.807, 2.05) is 0 Å². The third-order valence-corrected chi connectivity index (χ3v) is 3.26. The number of H-pyrrole nitrogens is 1. The highest BCUT2D eigenvalue weighted by Crippen LogP contribution is 2.20. The number of hydrogen-bond donors (Lipinski definition) is 2. The van der Waals surface area contributed by atoms with Crippen molar-refractivity contribution in [2.75, 3.05) is 17.3 Å². The Bertz CT molecular complexity index is 541. The van der Waals surface area contributed by atoms with Crippen LogP contribution in [0.5, 0.6) is 0 Å². The van der Waals surface area contributed by atoms with Gasteiger partial charge >= 0.3 is 0 Å². The maximum Gasteiger partial charge on any atom is 0.226 e. The third kappa shape index (κ3) is 6.95. The van der Waals surface area contributed by atoms with Crippen LogP contribution in [0.1, 0.15) is 32.9 Å². The smallest absolute Gasteiger partial charge is 0.226 e. The Labute approximate surface area is 113 Å². The molecule has 0 aliphatic rings. The zero-order valence-electron chi connectivity index (χ0n) is 11.8. The van der Waals surface area contributed by atoms with Gasteiger partial charge in [-0.1, -0.05) is 20.8 Å². The number of nitrogens with one attached hydrogen (secondary N) is 2. The van der Waals surface area contributed by atoms with Crippen LogP contribution in [0.2, 0.25) is 0 Å². The van der Waals surface area contributed by atoms with Gasteiger partial charge in [0.1, 0.15) is 9.84 Å². The van der Waals surface area contributed by atoms with Crippen LogP contribution in [-0.2, 0) is 21.1 Å². The monoisotopic (exact) mass is 287 g/mol. The van der Waals surface area contributed by atoms with Crippen molar-refractivity contribution < 1.29 is 13.2 Å². The van der Waals surface area contributed by atoms with Crippen molar-refractivity contribution in [2.45, 2.75) is 33.6 Å². The molecule has 0 fully saturated rings. The normalized spacial score (nSPS) is 12.4. The highest BCUT2D eigenvalue weighted by molar-refractivity contribution is 7.90. The van der Waals surface area contributed by atoms with E-state index in [-0.39, 0.29) is 23.5 Å². The molecule has 0 aliphatic heterocycles. The summed E-state index contributed by atoms with van der Waals surface area (Å²) in [5, 5.41) is 9.41. The molecule has 6 nitrogen and oxygen atoms in total. The molecule has 0 bridgehead atoms. The third-order valence-electron chi connectivity index (χ3n) is 2.32. The van der Waals surface area contributed by atoms with E-state index in [0.717, 1.165) is 18.4 Å². The highest BCUT2D eigenvalue weighted by atomic mass is 32.2. The molecule has 0 radical (unpaired) electrons. The molecule has 0 aliphatic carbocycles. The van der Waals surface area contributed by atoms with Crippen LogP contribution in [0, 0.1) is 5.41 Å². The van der Waals surface area contributed by atoms with Crippen LogP contribution in [-0.4, -0.2) is 36.5 Å². The number of hydrogen-bond acceptors (Lipinski definition) is 4. The molecule has 1 aromatic heterocycles. The number of anilines is 1. The first kappa shape index (κ1) is 15.7. The molecular formula is C12H21N3O3S. The maximum atomic E-state index is 11.5. The van der Waals surface area contributed by atoms with Gasteiger partial charge in [-0.3, -0.25) is 9.89 Å². The summed E-state index contributed by atoms with van der Waals surface area (Å²) in [6.07, 6.45) is 1.87. The van der Waals surface area contributed by atoms with E-state index in [1.54, 1.807) is 6.07 Å². The highest BCUT2D eigenvalue weighted by Gasteiger charge is 2.14. The number of carbonyl (C=O) groups excluding carboxylic acids is 1. The Balaban J connectivity index is 2.52. The first-order valence-corrected chi connectivity index (χ1v) is 8.13. The molecule has 1 amide bonds. The van der Waals surface area contributed by atoms with Crippen molar-refractivity contribution in [3.8, 4) is 0 Å². The lowest BCUT2D eigenvalue weighted by Crippen LogP contribution is -2.16. The van der Waals surface area contributed by atoms with Gasteiger partial charge in [0.15, 0.2) is 5.82 Å². The van der Waals surface area contributed by atoms with Gasteiger partial charge in [-0.25, -0.2) is 8.42 Å². The minimum atomic E-state index is -3.12. The van der Waals surface area contributed by atoms with E-state index in [9.17, 15) is 13.2 Å². The van der Waals surface area contributed by atoms with Gasteiger partial charge in [-0.05, 0) is 11.8 Å². The van der Waals surface area contributed by atoms with Crippen molar-refractivity contribution in [3.05, 3.63) is 11.8 Å². The lowest BCUT2D eigenvalue weighted by molar-refractivity contribution is -0.115. The molecule has 7 heteroatoms. The number of aromatic nitrogens is 2. The fraction of sp³-hybridized carbons (Fsp3) is 0.667. The molecule has 0 saturated carbocycles. The first-order chi connectivity index (χ1) is 8.55. The number of nitrogens with zero attached hydrogens (tertiary/aromatic N) is 1. The molecule has 0 aromatic carbocycles. The van der Waals surface area contributed by atoms with Gasteiger partial charge in [0.25, 0.3) is 0 Å². The van der Waals surface area contributed by atoms with E-state index in [1.165, 1.54) is 0 Å². The number of carbonyl (C=O) groups is 1. The summed E-state index contributed by atoms with van der Waals surface area (Å²) >= 11 is 0.